The maximum absolute atomic E-state index is 10.7. The summed E-state index contributed by atoms with van der Waals surface area (Å²) in [5.41, 5.74) is -0.511. The van der Waals surface area contributed by atoms with Gasteiger partial charge in [-0.15, -0.1) is 0 Å². The van der Waals surface area contributed by atoms with Crippen LogP contribution in [-0.4, -0.2) is 28.2 Å². The Balaban J connectivity index is 3.43. The number of hydrogen-bond donors (Lipinski definition) is 2. The van der Waals surface area contributed by atoms with Crippen LogP contribution >= 0.6 is 15.9 Å². The van der Waals surface area contributed by atoms with Gasteiger partial charge in [0.15, 0.2) is 6.10 Å². The molecule has 0 bridgehead atoms. The van der Waals surface area contributed by atoms with Crippen LogP contribution in [0.5, 0.6) is 5.75 Å². The number of carboxylic acid groups (broad SMARTS) is 1. The van der Waals surface area contributed by atoms with E-state index in [1.165, 1.54) is 13.2 Å². The number of rotatable bonds is 4. The lowest BCUT2D eigenvalue weighted by Crippen LogP contribution is -2.12. The number of hydrogen-bond acceptors (Lipinski definition) is 5. The predicted octanol–water partition coefficient (Wildman–Crippen LogP) is 1.48. The number of aliphatic hydroxyl groups is 1. The van der Waals surface area contributed by atoms with Crippen LogP contribution in [0.25, 0.3) is 0 Å². The van der Waals surface area contributed by atoms with Crippen molar-refractivity contribution in [2.24, 2.45) is 0 Å². The fourth-order valence-electron chi connectivity index (χ4n) is 1.19. The van der Waals surface area contributed by atoms with E-state index in [-0.39, 0.29) is 21.5 Å². The number of nitrogens with zero attached hydrogens (tertiary/aromatic N) is 1. The molecule has 0 aliphatic rings. The standard InChI is InChI=1S/C9H8BrNO6/c1-17-4-2-5(8(12)9(13)14)7(10)6(3-4)11(15)16/h2-3,8,12H,1H3,(H,13,14). The molecule has 1 rings (SSSR count). The van der Waals surface area contributed by atoms with E-state index in [4.69, 9.17) is 9.84 Å². The van der Waals surface area contributed by atoms with Gasteiger partial charge >= 0.3 is 5.97 Å². The first-order valence-electron chi connectivity index (χ1n) is 4.31. The Kier molecular flexibility index (Phi) is 4.02. The molecule has 8 heteroatoms. The van der Waals surface area contributed by atoms with E-state index in [0.717, 1.165) is 6.07 Å². The highest BCUT2D eigenvalue weighted by Crippen LogP contribution is 2.36. The number of nitro groups is 1. The summed E-state index contributed by atoms with van der Waals surface area (Å²) in [6.45, 7) is 0. The molecule has 0 heterocycles. The van der Waals surface area contributed by atoms with Crippen molar-refractivity contribution in [2.45, 2.75) is 6.10 Å². The molecule has 0 aromatic heterocycles. The molecule has 0 spiro atoms. The van der Waals surface area contributed by atoms with E-state index in [2.05, 4.69) is 15.9 Å². The maximum atomic E-state index is 10.7. The molecule has 1 aromatic rings. The van der Waals surface area contributed by atoms with E-state index in [9.17, 15) is 20.0 Å². The van der Waals surface area contributed by atoms with Gasteiger partial charge in [0.25, 0.3) is 5.69 Å². The number of carboxylic acids is 1. The van der Waals surface area contributed by atoms with Gasteiger partial charge in [0.2, 0.25) is 0 Å². The van der Waals surface area contributed by atoms with Crippen molar-refractivity contribution in [1.29, 1.82) is 0 Å². The summed E-state index contributed by atoms with van der Waals surface area (Å²) in [6, 6.07) is 2.35. The summed E-state index contributed by atoms with van der Waals surface area (Å²) >= 11 is 2.89. The minimum atomic E-state index is -1.86. The summed E-state index contributed by atoms with van der Waals surface area (Å²) < 4.78 is 4.72. The number of ether oxygens (including phenoxy) is 1. The second-order valence-electron chi connectivity index (χ2n) is 3.05. The normalized spacial score (nSPS) is 11.9. The number of methoxy groups -OCH3 is 1. The number of benzene rings is 1. The molecule has 0 fully saturated rings. The van der Waals surface area contributed by atoms with Gasteiger partial charge in [0.05, 0.1) is 18.1 Å². The average Bonchev–Trinajstić information content (AvgIpc) is 2.27. The molecule has 0 saturated carbocycles. The Morgan fingerprint density at radius 1 is 1.59 bits per heavy atom. The Morgan fingerprint density at radius 2 is 2.18 bits per heavy atom. The quantitative estimate of drug-likeness (QED) is 0.644. The van der Waals surface area contributed by atoms with Gasteiger partial charge in [0.1, 0.15) is 10.2 Å². The van der Waals surface area contributed by atoms with E-state index >= 15 is 0 Å². The fourth-order valence-corrected chi connectivity index (χ4v) is 1.78. The summed E-state index contributed by atoms with van der Waals surface area (Å²) in [4.78, 5) is 20.7. The van der Waals surface area contributed by atoms with Crippen LogP contribution in [0.4, 0.5) is 5.69 Å². The van der Waals surface area contributed by atoms with Crippen molar-refractivity contribution in [1.82, 2.24) is 0 Å². The van der Waals surface area contributed by atoms with Crippen LogP contribution in [-0.2, 0) is 4.79 Å². The molecule has 92 valence electrons. The van der Waals surface area contributed by atoms with Gasteiger partial charge in [-0.2, -0.15) is 0 Å². The third kappa shape index (κ3) is 2.71. The van der Waals surface area contributed by atoms with Gasteiger partial charge < -0.3 is 14.9 Å². The first-order valence-corrected chi connectivity index (χ1v) is 5.10. The molecule has 0 amide bonds. The average molecular weight is 306 g/mol. The van der Waals surface area contributed by atoms with Crippen molar-refractivity contribution in [3.8, 4) is 5.75 Å². The molecule has 0 radical (unpaired) electrons. The molecule has 0 saturated heterocycles. The van der Waals surface area contributed by atoms with Crippen molar-refractivity contribution in [3.05, 3.63) is 32.3 Å². The van der Waals surface area contributed by atoms with E-state index in [1.807, 2.05) is 0 Å². The molecule has 1 atom stereocenters. The second-order valence-corrected chi connectivity index (χ2v) is 3.84. The van der Waals surface area contributed by atoms with E-state index in [0.29, 0.717) is 0 Å². The summed E-state index contributed by atoms with van der Waals surface area (Å²) in [5, 5.41) is 28.8. The topological polar surface area (TPSA) is 110 Å². The molecule has 0 aliphatic carbocycles. The lowest BCUT2D eigenvalue weighted by Gasteiger charge is -2.10. The zero-order valence-corrected chi connectivity index (χ0v) is 10.2. The molecule has 0 aliphatic heterocycles. The van der Waals surface area contributed by atoms with Crippen molar-refractivity contribution in [2.75, 3.05) is 7.11 Å². The van der Waals surface area contributed by atoms with Gasteiger partial charge in [-0.25, -0.2) is 4.79 Å². The number of halogens is 1. The van der Waals surface area contributed by atoms with Crippen molar-refractivity contribution >= 4 is 27.6 Å². The van der Waals surface area contributed by atoms with Gasteiger partial charge in [-0.1, -0.05) is 0 Å². The Hall–Kier alpha value is -1.67. The molecular weight excluding hydrogens is 298 g/mol. The molecule has 17 heavy (non-hydrogen) atoms. The zero-order valence-electron chi connectivity index (χ0n) is 8.58. The minimum Gasteiger partial charge on any atom is -0.496 e. The molecule has 1 aromatic carbocycles. The van der Waals surface area contributed by atoms with Gasteiger partial charge in [-0.05, 0) is 22.0 Å². The minimum absolute atomic E-state index is 0.0850. The number of carbonyl (C=O) groups is 1. The zero-order chi connectivity index (χ0) is 13.2. The highest BCUT2D eigenvalue weighted by atomic mass is 79.9. The number of nitro benzene ring substituents is 1. The molecule has 7 nitrogen and oxygen atoms in total. The third-order valence-corrected chi connectivity index (χ3v) is 2.88. The van der Waals surface area contributed by atoms with Crippen LogP contribution in [0.1, 0.15) is 11.7 Å². The smallest absolute Gasteiger partial charge is 0.337 e. The summed E-state index contributed by atoms with van der Waals surface area (Å²) in [6.07, 6.45) is -1.86. The maximum Gasteiger partial charge on any atom is 0.337 e. The van der Waals surface area contributed by atoms with E-state index in [1.54, 1.807) is 0 Å². The Bertz CT molecular complexity index is 475. The Labute approximate surface area is 104 Å². The first-order chi connectivity index (χ1) is 7.88. The van der Waals surface area contributed by atoms with Crippen LogP contribution in [0.15, 0.2) is 16.6 Å². The largest absolute Gasteiger partial charge is 0.496 e. The first kappa shape index (κ1) is 13.4. The van der Waals surface area contributed by atoms with Crippen LogP contribution < -0.4 is 4.74 Å². The molecule has 1 unspecified atom stereocenters. The molecule has 2 N–H and O–H groups in total. The van der Waals surface area contributed by atoms with Gasteiger partial charge in [-0.3, -0.25) is 10.1 Å². The lowest BCUT2D eigenvalue weighted by molar-refractivity contribution is -0.385. The highest BCUT2D eigenvalue weighted by molar-refractivity contribution is 9.10. The van der Waals surface area contributed by atoms with Crippen LogP contribution in [0, 0.1) is 10.1 Å². The summed E-state index contributed by atoms with van der Waals surface area (Å²) in [7, 11) is 1.28. The highest BCUT2D eigenvalue weighted by Gasteiger charge is 2.26. The third-order valence-electron chi connectivity index (χ3n) is 2.02. The monoisotopic (exact) mass is 305 g/mol. The molecular formula is C9H8BrNO6. The SMILES string of the molecule is COc1cc(C(O)C(=O)O)c(Br)c([N+](=O)[O-])c1. The Morgan fingerprint density at radius 3 is 2.59 bits per heavy atom. The van der Waals surface area contributed by atoms with Gasteiger partial charge in [0, 0.05) is 5.56 Å². The predicted molar refractivity (Wildman–Crippen MR) is 59.9 cm³/mol. The van der Waals surface area contributed by atoms with Crippen LogP contribution in [0.2, 0.25) is 0 Å². The van der Waals surface area contributed by atoms with Crippen LogP contribution in [0.3, 0.4) is 0 Å². The second kappa shape index (κ2) is 5.11. The number of aliphatic hydroxyl groups excluding tert-OH is 1. The summed E-state index contributed by atoms with van der Waals surface area (Å²) in [5.74, 6) is -1.41. The lowest BCUT2D eigenvalue weighted by atomic mass is 10.1. The van der Waals surface area contributed by atoms with Crippen molar-refractivity contribution in [3.63, 3.8) is 0 Å². The number of aliphatic carboxylic acids is 1. The van der Waals surface area contributed by atoms with Crippen molar-refractivity contribution < 1.29 is 24.7 Å². The van der Waals surface area contributed by atoms with E-state index < -0.39 is 17.0 Å². The fraction of sp³-hybridized carbons (Fsp3) is 0.222.